The first-order chi connectivity index (χ1) is 6.36. The molecule has 0 amide bonds. The van der Waals surface area contributed by atoms with Crippen LogP contribution in [0, 0.1) is 35.5 Å². The van der Waals surface area contributed by atoms with Gasteiger partial charge in [0.05, 0.1) is 0 Å². The van der Waals surface area contributed by atoms with Gasteiger partial charge in [-0.25, -0.2) is 0 Å². The van der Waals surface area contributed by atoms with Gasteiger partial charge < -0.3 is 10.2 Å². The molecule has 3 aliphatic carbocycles. The molecular formula is C11H16O2. The number of aliphatic hydroxyl groups excluding tert-OH is 2. The zero-order valence-electron chi connectivity index (χ0n) is 7.63. The predicted molar refractivity (Wildman–Crippen MR) is 48.9 cm³/mol. The summed E-state index contributed by atoms with van der Waals surface area (Å²) < 4.78 is 0. The first kappa shape index (κ1) is 8.01. The van der Waals surface area contributed by atoms with Crippen molar-refractivity contribution in [3.8, 4) is 0 Å². The van der Waals surface area contributed by atoms with Crippen molar-refractivity contribution in [3.05, 3.63) is 12.2 Å². The molecule has 2 saturated carbocycles. The molecule has 0 spiro atoms. The number of rotatable bonds is 2. The fraction of sp³-hybridized carbons (Fsp3) is 0.818. The van der Waals surface area contributed by atoms with Crippen molar-refractivity contribution in [2.24, 2.45) is 35.5 Å². The molecule has 0 aromatic heterocycles. The fourth-order valence-electron chi connectivity index (χ4n) is 4.04. The zero-order valence-corrected chi connectivity index (χ0v) is 7.63. The van der Waals surface area contributed by atoms with E-state index in [-0.39, 0.29) is 13.2 Å². The summed E-state index contributed by atoms with van der Waals surface area (Å²) in [7, 11) is 0. The lowest BCUT2D eigenvalue weighted by molar-refractivity contribution is -0.0847. The lowest BCUT2D eigenvalue weighted by atomic mass is 9.53. The van der Waals surface area contributed by atoms with E-state index in [1.165, 1.54) is 6.42 Å². The van der Waals surface area contributed by atoms with Gasteiger partial charge in [-0.1, -0.05) is 12.2 Å². The molecule has 2 bridgehead atoms. The van der Waals surface area contributed by atoms with Gasteiger partial charge in [0, 0.05) is 13.2 Å². The molecule has 6 atom stereocenters. The second kappa shape index (κ2) is 2.58. The molecule has 0 aliphatic heterocycles. The summed E-state index contributed by atoms with van der Waals surface area (Å²) >= 11 is 0. The fourth-order valence-corrected chi connectivity index (χ4v) is 4.04. The predicted octanol–water partition coefficient (Wildman–Crippen LogP) is 0.655. The Bertz CT molecular complexity index is 224. The number of fused-ring (bicyclic) bond motifs is 5. The minimum atomic E-state index is 0.267. The van der Waals surface area contributed by atoms with E-state index in [0.29, 0.717) is 23.7 Å². The third kappa shape index (κ3) is 0.810. The van der Waals surface area contributed by atoms with Crippen molar-refractivity contribution in [1.29, 1.82) is 0 Å². The van der Waals surface area contributed by atoms with Gasteiger partial charge in [0.2, 0.25) is 0 Å². The van der Waals surface area contributed by atoms with E-state index in [4.69, 9.17) is 0 Å². The highest BCUT2D eigenvalue weighted by atomic mass is 16.3. The van der Waals surface area contributed by atoms with Crippen LogP contribution < -0.4 is 0 Å². The molecule has 2 unspecified atom stereocenters. The topological polar surface area (TPSA) is 40.5 Å². The molecule has 72 valence electrons. The quantitative estimate of drug-likeness (QED) is 0.613. The third-order valence-electron chi connectivity index (χ3n) is 4.54. The van der Waals surface area contributed by atoms with Crippen LogP contribution in [0.1, 0.15) is 6.42 Å². The highest BCUT2D eigenvalue weighted by molar-refractivity contribution is 5.20. The smallest absolute Gasteiger partial charge is 0.0465 e. The van der Waals surface area contributed by atoms with Gasteiger partial charge in [-0.2, -0.15) is 0 Å². The Morgan fingerprint density at radius 2 is 1.38 bits per heavy atom. The van der Waals surface area contributed by atoms with Crippen LogP contribution in [0.25, 0.3) is 0 Å². The molecule has 0 saturated heterocycles. The van der Waals surface area contributed by atoms with Crippen LogP contribution in [0.15, 0.2) is 12.2 Å². The molecule has 2 fully saturated rings. The minimum Gasteiger partial charge on any atom is -0.396 e. The van der Waals surface area contributed by atoms with E-state index in [9.17, 15) is 10.2 Å². The van der Waals surface area contributed by atoms with Gasteiger partial charge in [0.25, 0.3) is 0 Å². The molecule has 2 N–H and O–H groups in total. The molecule has 3 aliphatic rings. The maximum absolute atomic E-state index is 9.23. The number of hydrogen-bond acceptors (Lipinski definition) is 2. The molecule has 0 radical (unpaired) electrons. The summed E-state index contributed by atoms with van der Waals surface area (Å²) in [5.41, 5.74) is 0. The van der Waals surface area contributed by atoms with E-state index >= 15 is 0 Å². The SMILES string of the molecule is OC[C@H]1C2C([C@H]3C=C[C@@H]2C3)[C@@H]1CO. The normalized spacial score (nSPS) is 56.5. The van der Waals surface area contributed by atoms with Crippen LogP contribution in [-0.4, -0.2) is 23.4 Å². The molecule has 0 aromatic carbocycles. The van der Waals surface area contributed by atoms with Crippen LogP contribution in [0.2, 0.25) is 0 Å². The van der Waals surface area contributed by atoms with Crippen LogP contribution in [0.3, 0.4) is 0 Å². The standard InChI is InChI=1S/C11H16O2/c12-4-8-9(5-13)11-7-2-1-6(3-7)10(8)11/h1-2,6-13H,3-5H2/t6-,7+,8-,9-,10?,11?/m1/s1. The zero-order chi connectivity index (χ0) is 9.00. The lowest BCUT2D eigenvalue weighted by Gasteiger charge is -2.52. The maximum Gasteiger partial charge on any atom is 0.0465 e. The van der Waals surface area contributed by atoms with Gasteiger partial charge in [-0.05, 0) is 41.9 Å². The first-order valence-corrected chi connectivity index (χ1v) is 5.27. The monoisotopic (exact) mass is 180 g/mol. The second-order valence-corrected chi connectivity index (χ2v) is 4.80. The summed E-state index contributed by atoms with van der Waals surface area (Å²) in [4.78, 5) is 0. The number of aliphatic hydroxyl groups is 2. The molecule has 2 heteroatoms. The van der Waals surface area contributed by atoms with E-state index in [1.54, 1.807) is 0 Å². The summed E-state index contributed by atoms with van der Waals surface area (Å²) in [5, 5.41) is 18.5. The van der Waals surface area contributed by atoms with Gasteiger partial charge in [-0.15, -0.1) is 0 Å². The molecule has 3 rings (SSSR count). The van der Waals surface area contributed by atoms with E-state index in [1.807, 2.05) is 0 Å². The first-order valence-electron chi connectivity index (χ1n) is 5.27. The van der Waals surface area contributed by atoms with Gasteiger partial charge in [-0.3, -0.25) is 0 Å². The molecule has 0 aromatic rings. The highest BCUT2D eigenvalue weighted by Gasteiger charge is 2.60. The summed E-state index contributed by atoms with van der Waals surface area (Å²) in [6.07, 6.45) is 5.92. The van der Waals surface area contributed by atoms with Crippen LogP contribution in [-0.2, 0) is 0 Å². The number of hydrogen-bond donors (Lipinski definition) is 2. The summed E-state index contributed by atoms with van der Waals surface area (Å²) in [6.45, 7) is 0.535. The van der Waals surface area contributed by atoms with E-state index in [2.05, 4.69) is 12.2 Å². The third-order valence-corrected chi connectivity index (χ3v) is 4.54. The van der Waals surface area contributed by atoms with Crippen molar-refractivity contribution in [1.82, 2.24) is 0 Å². The Morgan fingerprint density at radius 1 is 0.923 bits per heavy atom. The van der Waals surface area contributed by atoms with Crippen LogP contribution >= 0.6 is 0 Å². The van der Waals surface area contributed by atoms with Crippen molar-refractivity contribution < 1.29 is 10.2 Å². The van der Waals surface area contributed by atoms with E-state index < -0.39 is 0 Å². The summed E-state index contributed by atoms with van der Waals surface area (Å²) in [5.74, 6) is 3.59. The van der Waals surface area contributed by atoms with Crippen molar-refractivity contribution in [3.63, 3.8) is 0 Å². The van der Waals surface area contributed by atoms with Crippen LogP contribution in [0.5, 0.6) is 0 Å². The van der Waals surface area contributed by atoms with Crippen molar-refractivity contribution >= 4 is 0 Å². The van der Waals surface area contributed by atoms with Crippen molar-refractivity contribution in [2.45, 2.75) is 6.42 Å². The van der Waals surface area contributed by atoms with Gasteiger partial charge in [0.15, 0.2) is 0 Å². The average molecular weight is 180 g/mol. The number of allylic oxidation sites excluding steroid dienone is 2. The largest absolute Gasteiger partial charge is 0.396 e. The average Bonchev–Trinajstić information content (AvgIpc) is 2.63. The Labute approximate surface area is 78.3 Å². The molecular weight excluding hydrogens is 164 g/mol. The summed E-state index contributed by atoms with van der Waals surface area (Å²) in [6, 6.07) is 0. The molecule has 2 nitrogen and oxygen atoms in total. The Morgan fingerprint density at radius 3 is 1.77 bits per heavy atom. The molecule has 13 heavy (non-hydrogen) atoms. The Balaban J connectivity index is 1.86. The Kier molecular flexibility index (Phi) is 1.59. The maximum atomic E-state index is 9.23. The van der Waals surface area contributed by atoms with Crippen molar-refractivity contribution in [2.75, 3.05) is 13.2 Å². The van der Waals surface area contributed by atoms with Crippen LogP contribution in [0.4, 0.5) is 0 Å². The Hall–Kier alpha value is -0.340. The minimum absolute atomic E-state index is 0.267. The molecule has 0 heterocycles. The lowest BCUT2D eigenvalue weighted by Crippen LogP contribution is -2.52. The second-order valence-electron chi connectivity index (χ2n) is 4.80. The van der Waals surface area contributed by atoms with Gasteiger partial charge >= 0.3 is 0 Å². The van der Waals surface area contributed by atoms with Gasteiger partial charge in [0.1, 0.15) is 0 Å². The van der Waals surface area contributed by atoms with E-state index in [0.717, 1.165) is 11.8 Å². The highest BCUT2D eigenvalue weighted by Crippen LogP contribution is 2.63.